The highest BCUT2D eigenvalue weighted by Crippen LogP contribution is 2.44. The monoisotopic (exact) mass is 404 g/mol. The van der Waals surface area contributed by atoms with E-state index in [-0.39, 0.29) is 22.5 Å². The van der Waals surface area contributed by atoms with Crippen LogP contribution in [0.25, 0.3) is 0 Å². The zero-order chi connectivity index (χ0) is 19.0. The summed E-state index contributed by atoms with van der Waals surface area (Å²) in [5, 5.41) is 10.9. The maximum atomic E-state index is 13.4. The van der Waals surface area contributed by atoms with E-state index in [0.29, 0.717) is 13.0 Å². The Kier molecular flexibility index (Phi) is 4.96. The van der Waals surface area contributed by atoms with Crippen LogP contribution in [-0.2, 0) is 16.4 Å². The second-order valence-corrected chi connectivity index (χ2v) is 9.92. The van der Waals surface area contributed by atoms with E-state index in [9.17, 15) is 18.5 Å². The fourth-order valence-electron chi connectivity index (χ4n) is 4.01. The summed E-state index contributed by atoms with van der Waals surface area (Å²) < 4.78 is 28.4. The van der Waals surface area contributed by atoms with Gasteiger partial charge in [0.1, 0.15) is 0 Å². The summed E-state index contributed by atoms with van der Waals surface area (Å²) in [5.74, 6) is 2.28. The second-order valence-electron chi connectivity index (χ2n) is 6.88. The normalized spacial score (nSPS) is 23.1. The van der Waals surface area contributed by atoms with Gasteiger partial charge in [0.25, 0.3) is 5.69 Å². The van der Waals surface area contributed by atoms with Gasteiger partial charge < -0.3 is 0 Å². The van der Waals surface area contributed by atoms with E-state index >= 15 is 0 Å². The number of nitro benzene ring substituents is 1. The average Bonchev–Trinajstić information content (AvgIpc) is 3.21. The van der Waals surface area contributed by atoms with Crippen molar-refractivity contribution in [1.82, 2.24) is 4.31 Å². The average molecular weight is 405 g/mol. The Labute approximate surface area is 162 Å². The molecule has 0 radical (unpaired) electrons. The van der Waals surface area contributed by atoms with Gasteiger partial charge in [-0.05, 0) is 53.5 Å². The molecule has 8 heteroatoms. The highest BCUT2D eigenvalue weighted by molar-refractivity contribution is 7.99. The Morgan fingerprint density at radius 3 is 2.52 bits per heavy atom. The van der Waals surface area contributed by atoms with Gasteiger partial charge in [0, 0.05) is 18.7 Å². The van der Waals surface area contributed by atoms with Crippen molar-refractivity contribution in [2.45, 2.75) is 23.8 Å². The fourth-order valence-corrected chi connectivity index (χ4v) is 6.97. The quantitative estimate of drug-likeness (QED) is 0.574. The third-order valence-corrected chi connectivity index (χ3v) is 8.43. The molecule has 0 bridgehead atoms. The number of fused-ring (bicyclic) bond motifs is 1. The predicted octanol–water partition coefficient (Wildman–Crippen LogP) is 3.64. The van der Waals surface area contributed by atoms with Crippen molar-refractivity contribution in [3.63, 3.8) is 0 Å². The van der Waals surface area contributed by atoms with E-state index in [0.717, 1.165) is 23.5 Å². The third kappa shape index (κ3) is 3.37. The minimum atomic E-state index is -3.73. The number of nitrogens with zero attached hydrogens (tertiary/aromatic N) is 2. The molecule has 2 aliphatic heterocycles. The van der Waals surface area contributed by atoms with Crippen molar-refractivity contribution in [2.75, 3.05) is 18.1 Å². The first-order chi connectivity index (χ1) is 13.0. The van der Waals surface area contributed by atoms with Crippen LogP contribution in [-0.4, -0.2) is 35.7 Å². The molecular formula is C19H20N2O4S2. The molecular weight excluding hydrogens is 384 g/mol. The van der Waals surface area contributed by atoms with Gasteiger partial charge in [-0.25, -0.2) is 8.42 Å². The van der Waals surface area contributed by atoms with E-state index in [1.807, 2.05) is 30.0 Å². The van der Waals surface area contributed by atoms with E-state index in [2.05, 4.69) is 6.07 Å². The Balaban J connectivity index is 1.75. The van der Waals surface area contributed by atoms with Crippen molar-refractivity contribution in [3.05, 3.63) is 69.8 Å². The summed E-state index contributed by atoms with van der Waals surface area (Å²) >= 11 is 1.87. The molecule has 2 atom stereocenters. The van der Waals surface area contributed by atoms with E-state index in [4.69, 9.17) is 0 Å². The van der Waals surface area contributed by atoms with E-state index in [1.54, 1.807) is 4.31 Å². The van der Waals surface area contributed by atoms with Gasteiger partial charge in [-0.2, -0.15) is 16.1 Å². The molecule has 0 aromatic heterocycles. The van der Waals surface area contributed by atoms with Gasteiger partial charge >= 0.3 is 0 Å². The molecule has 6 nitrogen and oxygen atoms in total. The van der Waals surface area contributed by atoms with Crippen LogP contribution in [0.2, 0.25) is 0 Å². The zero-order valence-corrected chi connectivity index (χ0v) is 16.3. The Hall–Kier alpha value is -1.90. The summed E-state index contributed by atoms with van der Waals surface area (Å²) in [7, 11) is -3.73. The standard InChI is InChI=1S/C19H20N2O4S2/c22-21(23)16-5-7-17(8-6-16)27(24,25)20-11-9-14-3-1-2-4-18(14)19(20)15-10-12-26-13-15/h1-8,15,19H,9-13H2. The van der Waals surface area contributed by atoms with Crippen LogP contribution < -0.4 is 0 Å². The van der Waals surface area contributed by atoms with Crippen molar-refractivity contribution < 1.29 is 13.3 Å². The van der Waals surface area contributed by atoms with E-state index in [1.165, 1.54) is 29.8 Å². The first-order valence-corrected chi connectivity index (χ1v) is 11.5. The van der Waals surface area contributed by atoms with E-state index < -0.39 is 14.9 Å². The Bertz CT molecular complexity index is 954. The molecule has 27 heavy (non-hydrogen) atoms. The molecule has 1 fully saturated rings. The first kappa shape index (κ1) is 18.5. The minimum Gasteiger partial charge on any atom is -0.258 e. The number of rotatable bonds is 4. The lowest BCUT2D eigenvalue weighted by atomic mass is 9.86. The summed E-state index contributed by atoms with van der Waals surface area (Å²) in [6.45, 7) is 0.433. The lowest BCUT2D eigenvalue weighted by Gasteiger charge is -2.39. The summed E-state index contributed by atoms with van der Waals surface area (Å²) in [6.07, 6.45) is 1.68. The maximum Gasteiger partial charge on any atom is 0.269 e. The van der Waals surface area contributed by atoms with Crippen molar-refractivity contribution in [1.29, 1.82) is 0 Å². The van der Waals surface area contributed by atoms with Crippen molar-refractivity contribution in [3.8, 4) is 0 Å². The molecule has 0 spiro atoms. The second kappa shape index (κ2) is 7.26. The van der Waals surface area contributed by atoms with Crippen LogP contribution in [0.15, 0.2) is 53.4 Å². The molecule has 2 aliphatic rings. The topological polar surface area (TPSA) is 80.5 Å². The number of hydrogen-bond acceptors (Lipinski definition) is 5. The molecule has 142 valence electrons. The number of sulfonamides is 1. The molecule has 2 aromatic carbocycles. The van der Waals surface area contributed by atoms with Crippen LogP contribution in [0.1, 0.15) is 23.6 Å². The number of hydrogen-bond donors (Lipinski definition) is 0. The first-order valence-electron chi connectivity index (χ1n) is 8.90. The van der Waals surface area contributed by atoms with Gasteiger partial charge in [0.15, 0.2) is 0 Å². The Morgan fingerprint density at radius 2 is 1.85 bits per heavy atom. The SMILES string of the molecule is O=[N+]([O-])c1ccc(S(=O)(=O)N2CCc3ccccc3C2C2CCSC2)cc1. The zero-order valence-electron chi connectivity index (χ0n) is 14.7. The fraction of sp³-hybridized carbons (Fsp3) is 0.368. The molecule has 0 N–H and O–H groups in total. The van der Waals surface area contributed by atoms with Crippen LogP contribution in [0, 0.1) is 16.0 Å². The van der Waals surface area contributed by atoms with Crippen LogP contribution >= 0.6 is 11.8 Å². The molecule has 0 saturated carbocycles. The van der Waals surface area contributed by atoms with Gasteiger partial charge in [0.05, 0.1) is 15.9 Å². The predicted molar refractivity (Wildman–Crippen MR) is 105 cm³/mol. The maximum absolute atomic E-state index is 13.4. The highest BCUT2D eigenvalue weighted by atomic mass is 32.2. The molecule has 0 aliphatic carbocycles. The van der Waals surface area contributed by atoms with Crippen LogP contribution in [0.3, 0.4) is 0 Å². The Morgan fingerprint density at radius 1 is 1.11 bits per heavy atom. The van der Waals surface area contributed by atoms with Crippen LogP contribution in [0.5, 0.6) is 0 Å². The van der Waals surface area contributed by atoms with Gasteiger partial charge in [-0.3, -0.25) is 10.1 Å². The summed E-state index contributed by atoms with van der Waals surface area (Å²) in [4.78, 5) is 10.5. The third-order valence-electron chi connectivity index (χ3n) is 5.35. The highest BCUT2D eigenvalue weighted by Gasteiger charge is 2.41. The number of non-ortho nitro benzene ring substituents is 1. The molecule has 2 heterocycles. The minimum absolute atomic E-state index is 0.110. The molecule has 1 saturated heterocycles. The van der Waals surface area contributed by atoms with Crippen molar-refractivity contribution >= 4 is 27.5 Å². The number of thioether (sulfide) groups is 1. The summed E-state index contributed by atoms with van der Waals surface area (Å²) in [6, 6.07) is 13.1. The van der Waals surface area contributed by atoms with Gasteiger partial charge in [-0.1, -0.05) is 24.3 Å². The lowest BCUT2D eigenvalue weighted by molar-refractivity contribution is -0.384. The lowest BCUT2D eigenvalue weighted by Crippen LogP contribution is -2.43. The smallest absolute Gasteiger partial charge is 0.258 e. The molecule has 0 amide bonds. The number of benzene rings is 2. The van der Waals surface area contributed by atoms with Crippen molar-refractivity contribution in [2.24, 2.45) is 5.92 Å². The van der Waals surface area contributed by atoms with Crippen LogP contribution in [0.4, 0.5) is 5.69 Å². The largest absolute Gasteiger partial charge is 0.269 e. The van der Waals surface area contributed by atoms with Gasteiger partial charge in [0.2, 0.25) is 10.0 Å². The molecule has 2 unspecified atom stereocenters. The van der Waals surface area contributed by atoms with Gasteiger partial charge in [-0.15, -0.1) is 0 Å². The summed E-state index contributed by atoms with van der Waals surface area (Å²) in [5.41, 5.74) is 2.21. The molecule has 2 aromatic rings. The molecule has 4 rings (SSSR count). The number of nitro groups is 1.